The molecule has 0 radical (unpaired) electrons. The summed E-state index contributed by atoms with van der Waals surface area (Å²) in [6.07, 6.45) is 0. The third kappa shape index (κ3) is 4.48. The van der Waals surface area contributed by atoms with E-state index >= 15 is 0 Å². The largest absolute Gasteiger partial charge is 0.384 e. The van der Waals surface area contributed by atoms with Gasteiger partial charge in [-0.15, -0.1) is 0 Å². The normalized spacial score (nSPS) is 11.8. The second-order valence-corrected chi connectivity index (χ2v) is 6.83. The number of nitrogens with one attached hydrogen (secondary N) is 1. The van der Waals surface area contributed by atoms with E-state index in [1.807, 2.05) is 13.8 Å². The van der Waals surface area contributed by atoms with Crippen molar-refractivity contribution in [1.82, 2.24) is 9.97 Å². The molecule has 102 valence electrons. The van der Waals surface area contributed by atoms with Gasteiger partial charge in [0.1, 0.15) is 17.5 Å². The van der Waals surface area contributed by atoms with Gasteiger partial charge in [0, 0.05) is 24.3 Å². The zero-order valence-corrected chi connectivity index (χ0v) is 11.8. The van der Waals surface area contributed by atoms with Gasteiger partial charge in [-0.3, -0.25) is 0 Å². The predicted octanol–water partition coefficient (Wildman–Crippen LogP) is 1.03. The van der Waals surface area contributed by atoms with Crippen LogP contribution in [0.4, 0.5) is 11.6 Å². The second kappa shape index (κ2) is 5.99. The van der Waals surface area contributed by atoms with Crippen molar-refractivity contribution >= 4 is 21.5 Å². The molecule has 6 nitrogen and oxygen atoms in total. The summed E-state index contributed by atoms with van der Waals surface area (Å²) in [5, 5.41) is 2.96. The van der Waals surface area contributed by atoms with Gasteiger partial charge in [-0.25, -0.2) is 18.4 Å². The Kier molecular flexibility index (Phi) is 4.89. The molecule has 0 aromatic carbocycles. The van der Waals surface area contributed by atoms with Crippen molar-refractivity contribution in [1.29, 1.82) is 0 Å². The lowest BCUT2D eigenvalue weighted by Crippen LogP contribution is -2.18. The Morgan fingerprint density at radius 1 is 1.39 bits per heavy atom. The third-order valence-corrected chi connectivity index (χ3v) is 4.14. The number of nitrogens with two attached hydrogens (primary N) is 1. The lowest BCUT2D eigenvalue weighted by Gasteiger charge is -2.09. The van der Waals surface area contributed by atoms with Gasteiger partial charge in [-0.1, -0.05) is 20.8 Å². The van der Waals surface area contributed by atoms with Gasteiger partial charge < -0.3 is 11.1 Å². The Labute approximate surface area is 108 Å². The van der Waals surface area contributed by atoms with Gasteiger partial charge >= 0.3 is 0 Å². The second-order valence-electron chi connectivity index (χ2n) is 4.35. The monoisotopic (exact) mass is 272 g/mol. The molecule has 0 saturated heterocycles. The summed E-state index contributed by atoms with van der Waals surface area (Å²) in [5.41, 5.74) is 5.67. The highest BCUT2D eigenvalue weighted by Crippen LogP contribution is 2.14. The minimum absolute atomic E-state index is 0.0877. The van der Waals surface area contributed by atoms with Crippen LogP contribution in [-0.4, -0.2) is 36.4 Å². The number of aromatic nitrogens is 2. The van der Waals surface area contributed by atoms with E-state index < -0.39 is 9.84 Å². The van der Waals surface area contributed by atoms with E-state index in [2.05, 4.69) is 15.3 Å². The van der Waals surface area contributed by atoms with Crippen LogP contribution in [0, 0.1) is 0 Å². The maximum Gasteiger partial charge on any atom is 0.151 e. The summed E-state index contributed by atoms with van der Waals surface area (Å²) in [4.78, 5) is 8.40. The molecule has 0 aliphatic heterocycles. The third-order valence-electron chi connectivity index (χ3n) is 2.44. The molecule has 1 rings (SSSR count). The highest BCUT2D eigenvalue weighted by atomic mass is 32.2. The van der Waals surface area contributed by atoms with Crippen LogP contribution in [0.2, 0.25) is 0 Å². The van der Waals surface area contributed by atoms with Crippen molar-refractivity contribution in [2.24, 2.45) is 0 Å². The molecule has 1 heterocycles. The predicted molar refractivity (Wildman–Crippen MR) is 73.4 cm³/mol. The average Bonchev–Trinajstić information content (AvgIpc) is 2.28. The van der Waals surface area contributed by atoms with Gasteiger partial charge in [0.15, 0.2) is 9.84 Å². The molecule has 0 aliphatic carbocycles. The topological polar surface area (TPSA) is 98.0 Å². The number of hydrogen-bond acceptors (Lipinski definition) is 6. The van der Waals surface area contributed by atoms with Crippen LogP contribution in [-0.2, 0) is 9.84 Å². The molecule has 1 aromatic heterocycles. The van der Waals surface area contributed by atoms with Crippen molar-refractivity contribution in [3.05, 3.63) is 11.9 Å². The van der Waals surface area contributed by atoms with E-state index in [1.54, 1.807) is 13.0 Å². The first kappa shape index (κ1) is 14.7. The van der Waals surface area contributed by atoms with Crippen molar-refractivity contribution in [2.45, 2.75) is 26.7 Å². The molecule has 0 spiro atoms. The van der Waals surface area contributed by atoms with Gasteiger partial charge in [-0.2, -0.15) is 0 Å². The van der Waals surface area contributed by atoms with Gasteiger partial charge in [0.05, 0.1) is 5.75 Å². The molecule has 0 fully saturated rings. The molecule has 0 unspecified atom stereocenters. The molecule has 0 aliphatic rings. The lowest BCUT2D eigenvalue weighted by molar-refractivity contribution is 0.597. The van der Waals surface area contributed by atoms with Crippen molar-refractivity contribution in [3.63, 3.8) is 0 Å². The molecule has 0 atom stereocenters. The van der Waals surface area contributed by atoms with Gasteiger partial charge in [-0.05, 0) is 0 Å². The highest BCUT2D eigenvalue weighted by Gasteiger charge is 2.09. The molecule has 7 heteroatoms. The van der Waals surface area contributed by atoms with E-state index in [0.717, 1.165) is 0 Å². The zero-order valence-electron chi connectivity index (χ0n) is 11.0. The van der Waals surface area contributed by atoms with Crippen molar-refractivity contribution in [2.75, 3.05) is 29.1 Å². The van der Waals surface area contributed by atoms with Gasteiger partial charge in [0.25, 0.3) is 0 Å². The minimum atomic E-state index is -2.96. The van der Waals surface area contributed by atoms with Crippen LogP contribution >= 0.6 is 0 Å². The summed E-state index contributed by atoms with van der Waals surface area (Å²) >= 11 is 0. The number of hydrogen-bond donors (Lipinski definition) is 2. The molecule has 1 aromatic rings. The zero-order chi connectivity index (χ0) is 13.8. The average molecular weight is 272 g/mol. The summed E-state index contributed by atoms with van der Waals surface area (Å²) < 4.78 is 22.7. The van der Waals surface area contributed by atoms with Crippen LogP contribution in [0.25, 0.3) is 0 Å². The Morgan fingerprint density at radius 2 is 2.06 bits per heavy atom. The number of rotatable bonds is 6. The summed E-state index contributed by atoms with van der Waals surface area (Å²) in [7, 11) is -2.96. The maximum atomic E-state index is 11.3. The van der Waals surface area contributed by atoms with E-state index in [9.17, 15) is 8.42 Å². The van der Waals surface area contributed by atoms with Crippen molar-refractivity contribution in [3.8, 4) is 0 Å². The molecule has 0 amide bonds. The van der Waals surface area contributed by atoms with Crippen LogP contribution in [0.1, 0.15) is 32.5 Å². The molecule has 0 bridgehead atoms. The van der Waals surface area contributed by atoms with Crippen LogP contribution in [0.3, 0.4) is 0 Å². The fourth-order valence-electron chi connectivity index (χ4n) is 1.31. The standard InChI is InChI=1S/C11H20N4O2S/c1-4-18(16,17)6-5-13-10-7-9(12)14-11(15-10)8(2)3/h7-8H,4-6H2,1-3H3,(H3,12,13,14,15). The molecule has 3 N–H and O–H groups in total. The summed E-state index contributed by atoms with van der Waals surface area (Å²) in [6, 6.07) is 1.60. The minimum Gasteiger partial charge on any atom is -0.384 e. The SMILES string of the molecule is CCS(=O)(=O)CCNc1cc(N)nc(C(C)C)n1. The number of anilines is 2. The van der Waals surface area contributed by atoms with Crippen LogP contribution in [0.5, 0.6) is 0 Å². The van der Waals surface area contributed by atoms with E-state index in [-0.39, 0.29) is 17.4 Å². The quantitative estimate of drug-likeness (QED) is 0.802. The lowest BCUT2D eigenvalue weighted by atomic mass is 10.2. The Morgan fingerprint density at radius 3 is 2.61 bits per heavy atom. The smallest absolute Gasteiger partial charge is 0.151 e. The number of sulfone groups is 1. The highest BCUT2D eigenvalue weighted by molar-refractivity contribution is 7.91. The molecular weight excluding hydrogens is 252 g/mol. The van der Waals surface area contributed by atoms with E-state index in [4.69, 9.17) is 5.73 Å². The first-order chi connectivity index (χ1) is 8.34. The first-order valence-electron chi connectivity index (χ1n) is 5.93. The van der Waals surface area contributed by atoms with Gasteiger partial charge in [0.2, 0.25) is 0 Å². The first-order valence-corrected chi connectivity index (χ1v) is 7.75. The van der Waals surface area contributed by atoms with Crippen LogP contribution < -0.4 is 11.1 Å². The van der Waals surface area contributed by atoms with Crippen LogP contribution in [0.15, 0.2) is 6.07 Å². The fraction of sp³-hybridized carbons (Fsp3) is 0.636. The summed E-state index contributed by atoms with van der Waals surface area (Å²) in [5.74, 6) is 2.01. The van der Waals surface area contributed by atoms with Crippen molar-refractivity contribution < 1.29 is 8.42 Å². The Bertz CT molecular complexity index is 500. The van der Waals surface area contributed by atoms with E-state index in [0.29, 0.717) is 24.0 Å². The Hall–Kier alpha value is -1.37. The molecule has 18 heavy (non-hydrogen) atoms. The maximum absolute atomic E-state index is 11.3. The number of nitrogens with zero attached hydrogens (tertiary/aromatic N) is 2. The number of nitrogen functional groups attached to an aromatic ring is 1. The fourth-order valence-corrected chi connectivity index (χ4v) is 2.01. The molecule has 0 saturated carbocycles. The summed E-state index contributed by atoms with van der Waals surface area (Å²) in [6.45, 7) is 5.90. The Balaban J connectivity index is 2.68. The molecular formula is C11H20N4O2S. The van der Waals surface area contributed by atoms with E-state index in [1.165, 1.54) is 0 Å².